The first-order valence-electron chi connectivity index (χ1n) is 6.60. The Bertz CT molecular complexity index is 362. The van der Waals surface area contributed by atoms with E-state index in [1.807, 2.05) is 0 Å². The summed E-state index contributed by atoms with van der Waals surface area (Å²) in [5, 5.41) is 7.27. The maximum absolute atomic E-state index is 7.27. The number of rotatable bonds is 8. The summed E-state index contributed by atoms with van der Waals surface area (Å²) in [7, 11) is 0. The Morgan fingerprint density at radius 3 is 2.72 bits per heavy atom. The third kappa shape index (κ3) is 5.17. The highest BCUT2D eigenvalue weighted by molar-refractivity contribution is 5.94. The van der Waals surface area contributed by atoms with Crippen LogP contribution in [0.2, 0.25) is 0 Å². The molecule has 1 aromatic heterocycles. The topological polar surface area (TPSA) is 72.0 Å². The first-order valence-corrected chi connectivity index (χ1v) is 6.60. The Balaban J connectivity index is 2.35. The van der Waals surface area contributed by atoms with E-state index in [9.17, 15) is 0 Å². The fraction of sp³-hybridized carbons (Fsp3) is 0.571. The Morgan fingerprint density at radius 2 is 2.17 bits per heavy atom. The molecule has 1 atom stereocenters. The van der Waals surface area contributed by atoms with Crippen LogP contribution >= 0.6 is 0 Å². The van der Waals surface area contributed by atoms with Gasteiger partial charge in [-0.2, -0.15) is 0 Å². The van der Waals surface area contributed by atoms with E-state index >= 15 is 0 Å². The summed E-state index contributed by atoms with van der Waals surface area (Å²) in [6, 6.07) is 3.52. The molecule has 0 aliphatic rings. The Morgan fingerprint density at radius 1 is 1.39 bits per heavy atom. The minimum atomic E-state index is 0.0293. The summed E-state index contributed by atoms with van der Waals surface area (Å²) in [5.74, 6) is 0.629. The van der Waals surface area contributed by atoms with Crippen molar-refractivity contribution in [2.75, 3.05) is 0 Å². The first kappa shape index (κ1) is 14.5. The highest BCUT2D eigenvalue weighted by Gasteiger charge is 2.05. The van der Waals surface area contributed by atoms with Crippen molar-refractivity contribution in [1.29, 1.82) is 5.41 Å². The van der Waals surface area contributed by atoms with Crippen LogP contribution in [0.3, 0.4) is 0 Å². The molecule has 0 amide bonds. The molecule has 100 valence electrons. The number of nitrogens with zero attached hydrogens (tertiary/aromatic N) is 1. The molecule has 0 radical (unpaired) electrons. The van der Waals surface area contributed by atoms with Crippen LogP contribution in [0.4, 0.5) is 0 Å². The summed E-state index contributed by atoms with van der Waals surface area (Å²) in [5.41, 5.74) is 5.98. The van der Waals surface area contributed by atoms with Gasteiger partial charge in [-0.25, -0.2) is 4.98 Å². The SMILES string of the molecule is CCCCCCC(C)Oc1ccc(C(=N)N)cn1. The third-order valence-electron chi connectivity index (χ3n) is 2.83. The van der Waals surface area contributed by atoms with Gasteiger partial charge in [0.2, 0.25) is 5.88 Å². The first-order chi connectivity index (χ1) is 8.63. The van der Waals surface area contributed by atoms with Crippen LogP contribution in [0.5, 0.6) is 5.88 Å². The number of nitrogens with two attached hydrogens (primary N) is 1. The third-order valence-corrected chi connectivity index (χ3v) is 2.83. The number of pyridine rings is 1. The van der Waals surface area contributed by atoms with Crippen molar-refractivity contribution >= 4 is 5.84 Å². The van der Waals surface area contributed by atoms with Gasteiger partial charge in [-0.1, -0.05) is 26.2 Å². The van der Waals surface area contributed by atoms with Gasteiger partial charge >= 0.3 is 0 Å². The standard InChI is InChI=1S/C14H23N3O/c1-3-4-5-6-7-11(2)18-13-9-8-12(10-17-13)14(15)16/h8-11H,3-7H2,1-2H3,(H3,15,16). The van der Waals surface area contributed by atoms with E-state index in [0.717, 1.165) is 6.42 Å². The van der Waals surface area contributed by atoms with E-state index in [4.69, 9.17) is 15.9 Å². The van der Waals surface area contributed by atoms with Crippen molar-refractivity contribution in [2.24, 2.45) is 5.73 Å². The molecule has 4 nitrogen and oxygen atoms in total. The monoisotopic (exact) mass is 249 g/mol. The Hall–Kier alpha value is -1.58. The number of ether oxygens (including phenoxy) is 1. The van der Waals surface area contributed by atoms with Crippen LogP contribution < -0.4 is 10.5 Å². The van der Waals surface area contributed by atoms with E-state index in [1.165, 1.54) is 25.7 Å². The summed E-state index contributed by atoms with van der Waals surface area (Å²) >= 11 is 0. The van der Waals surface area contributed by atoms with E-state index in [1.54, 1.807) is 18.3 Å². The van der Waals surface area contributed by atoms with Crippen molar-refractivity contribution in [3.8, 4) is 5.88 Å². The molecular weight excluding hydrogens is 226 g/mol. The maximum Gasteiger partial charge on any atom is 0.213 e. The average molecular weight is 249 g/mol. The van der Waals surface area contributed by atoms with Crippen LogP contribution in [-0.4, -0.2) is 16.9 Å². The fourth-order valence-electron chi connectivity index (χ4n) is 1.73. The van der Waals surface area contributed by atoms with Crippen LogP contribution in [0.25, 0.3) is 0 Å². The number of aromatic nitrogens is 1. The molecule has 0 aromatic carbocycles. The van der Waals surface area contributed by atoms with Gasteiger partial charge in [0.15, 0.2) is 0 Å². The highest BCUT2D eigenvalue weighted by atomic mass is 16.5. The largest absolute Gasteiger partial charge is 0.475 e. The zero-order valence-electron chi connectivity index (χ0n) is 11.3. The van der Waals surface area contributed by atoms with Crippen molar-refractivity contribution in [3.05, 3.63) is 23.9 Å². The number of nitrogens with one attached hydrogen (secondary N) is 1. The molecule has 0 aliphatic carbocycles. The Kier molecular flexibility index (Phi) is 6.19. The zero-order chi connectivity index (χ0) is 13.4. The lowest BCUT2D eigenvalue weighted by atomic mass is 10.1. The van der Waals surface area contributed by atoms with Gasteiger partial charge in [-0.3, -0.25) is 5.41 Å². The lowest BCUT2D eigenvalue weighted by Crippen LogP contribution is -2.14. The van der Waals surface area contributed by atoms with Gasteiger partial charge in [0.05, 0.1) is 6.10 Å². The second-order valence-electron chi connectivity index (χ2n) is 4.58. The molecule has 0 aliphatic heterocycles. The molecule has 0 spiro atoms. The summed E-state index contributed by atoms with van der Waals surface area (Å²) in [6.45, 7) is 4.27. The minimum Gasteiger partial charge on any atom is -0.475 e. The molecule has 0 saturated heterocycles. The molecule has 1 unspecified atom stereocenters. The number of nitrogen functional groups attached to an aromatic ring is 1. The van der Waals surface area contributed by atoms with Crippen molar-refractivity contribution in [3.63, 3.8) is 0 Å². The van der Waals surface area contributed by atoms with Gasteiger partial charge in [0, 0.05) is 17.8 Å². The van der Waals surface area contributed by atoms with Crippen LogP contribution in [0.15, 0.2) is 18.3 Å². The van der Waals surface area contributed by atoms with Gasteiger partial charge in [0.25, 0.3) is 0 Å². The molecule has 4 heteroatoms. The van der Waals surface area contributed by atoms with Gasteiger partial charge in [0.1, 0.15) is 5.84 Å². The van der Waals surface area contributed by atoms with Crippen molar-refractivity contribution in [1.82, 2.24) is 4.98 Å². The fourth-order valence-corrected chi connectivity index (χ4v) is 1.73. The number of hydrogen-bond acceptors (Lipinski definition) is 3. The molecule has 1 aromatic rings. The minimum absolute atomic E-state index is 0.0293. The van der Waals surface area contributed by atoms with Crippen molar-refractivity contribution in [2.45, 2.75) is 52.1 Å². The number of unbranched alkanes of at least 4 members (excludes halogenated alkanes) is 3. The predicted molar refractivity (Wildman–Crippen MR) is 74.1 cm³/mol. The summed E-state index contributed by atoms with van der Waals surface area (Å²) in [4.78, 5) is 4.14. The zero-order valence-corrected chi connectivity index (χ0v) is 11.3. The summed E-state index contributed by atoms with van der Waals surface area (Å²) < 4.78 is 5.71. The highest BCUT2D eigenvalue weighted by Crippen LogP contribution is 2.13. The van der Waals surface area contributed by atoms with Crippen LogP contribution in [0.1, 0.15) is 51.5 Å². The second kappa shape index (κ2) is 7.69. The van der Waals surface area contributed by atoms with E-state index in [2.05, 4.69) is 18.8 Å². The lowest BCUT2D eigenvalue weighted by Gasteiger charge is -2.13. The molecule has 18 heavy (non-hydrogen) atoms. The number of amidine groups is 1. The summed E-state index contributed by atoms with van der Waals surface area (Å²) in [6.07, 6.45) is 7.80. The molecular formula is C14H23N3O. The van der Waals surface area contributed by atoms with Gasteiger partial charge < -0.3 is 10.5 Å². The van der Waals surface area contributed by atoms with Crippen LogP contribution in [-0.2, 0) is 0 Å². The van der Waals surface area contributed by atoms with Crippen molar-refractivity contribution < 1.29 is 4.74 Å². The number of hydrogen-bond donors (Lipinski definition) is 2. The molecule has 1 heterocycles. The van der Waals surface area contributed by atoms with E-state index in [0.29, 0.717) is 11.4 Å². The average Bonchev–Trinajstić information content (AvgIpc) is 2.35. The van der Waals surface area contributed by atoms with E-state index in [-0.39, 0.29) is 11.9 Å². The second-order valence-corrected chi connectivity index (χ2v) is 4.58. The molecule has 0 saturated carbocycles. The normalized spacial score (nSPS) is 12.1. The predicted octanol–water partition coefficient (Wildman–Crippen LogP) is 3.10. The smallest absolute Gasteiger partial charge is 0.213 e. The maximum atomic E-state index is 7.27. The van der Waals surface area contributed by atoms with Gasteiger partial charge in [-0.05, 0) is 25.8 Å². The van der Waals surface area contributed by atoms with Gasteiger partial charge in [-0.15, -0.1) is 0 Å². The molecule has 1 rings (SSSR count). The molecule has 0 bridgehead atoms. The van der Waals surface area contributed by atoms with E-state index < -0.39 is 0 Å². The Labute approximate surface area is 109 Å². The molecule has 3 N–H and O–H groups in total. The lowest BCUT2D eigenvalue weighted by molar-refractivity contribution is 0.198. The quantitative estimate of drug-likeness (QED) is 0.422. The van der Waals surface area contributed by atoms with Crippen LogP contribution in [0, 0.1) is 5.41 Å². The molecule has 0 fully saturated rings.